The maximum Gasteiger partial charge on any atom is 0.434 e. The molecule has 2 rings (SSSR count). The smallest absolute Gasteiger partial charge is 0.356 e. The van der Waals surface area contributed by atoms with E-state index in [1.54, 1.807) is 7.05 Å². The molecule has 2 heterocycles. The average Bonchev–Trinajstić information content (AvgIpc) is 3.10. The molecule has 2 aromatic rings. The van der Waals surface area contributed by atoms with E-state index in [2.05, 4.69) is 25.7 Å². The molecule has 0 bridgehead atoms. The Balaban J connectivity index is 0.00000338. The molecular formula is C15H22F3IN6S. The van der Waals surface area contributed by atoms with Crippen LogP contribution in [0.1, 0.15) is 27.7 Å². The number of aliphatic imine (C=N–C) groups is 1. The summed E-state index contributed by atoms with van der Waals surface area (Å²) in [5.74, 6) is 0.579. The standard InChI is InChI=1S/C15H21F3N6S.HI/c1-9-11(10(2)24(4)23-9)7-21-14(19-3)20-6-5-13-22-12(8-25-13)15(16,17)18;/h8H,5-7H2,1-4H3,(H2,19,20,21);1H. The van der Waals surface area contributed by atoms with E-state index in [-0.39, 0.29) is 24.0 Å². The number of aryl methyl sites for hydroxylation is 2. The fourth-order valence-corrected chi connectivity index (χ4v) is 3.11. The summed E-state index contributed by atoms with van der Waals surface area (Å²) < 4.78 is 39.4. The fourth-order valence-electron chi connectivity index (χ4n) is 2.31. The Kier molecular flexibility index (Phi) is 8.31. The topological polar surface area (TPSA) is 67.1 Å². The van der Waals surface area contributed by atoms with Crippen LogP contribution in [0.3, 0.4) is 0 Å². The van der Waals surface area contributed by atoms with Gasteiger partial charge >= 0.3 is 6.18 Å². The molecule has 0 radical (unpaired) electrons. The SMILES string of the molecule is CN=C(NCCc1nc(C(F)(F)F)cs1)NCc1c(C)nn(C)c1C.I. The van der Waals surface area contributed by atoms with Gasteiger partial charge in [-0.25, -0.2) is 4.98 Å². The van der Waals surface area contributed by atoms with Crippen LogP contribution in [0, 0.1) is 13.8 Å². The number of hydrogen-bond donors (Lipinski definition) is 2. The molecule has 2 N–H and O–H groups in total. The van der Waals surface area contributed by atoms with Crippen molar-refractivity contribution in [1.82, 2.24) is 25.4 Å². The normalized spacial score (nSPS) is 12.0. The van der Waals surface area contributed by atoms with E-state index in [4.69, 9.17) is 0 Å². The second-order valence-electron chi connectivity index (χ2n) is 5.50. The first kappa shape index (κ1) is 22.7. The van der Waals surface area contributed by atoms with Gasteiger partial charge in [0, 0.05) is 50.2 Å². The Morgan fingerprint density at radius 3 is 2.50 bits per heavy atom. The van der Waals surface area contributed by atoms with Crippen LogP contribution in [0.5, 0.6) is 0 Å². The van der Waals surface area contributed by atoms with Crippen molar-refractivity contribution in [2.24, 2.45) is 12.0 Å². The van der Waals surface area contributed by atoms with Gasteiger partial charge in [0.1, 0.15) is 0 Å². The highest BCUT2D eigenvalue weighted by Gasteiger charge is 2.33. The minimum Gasteiger partial charge on any atom is -0.356 e. The summed E-state index contributed by atoms with van der Waals surface area (Å²) in [6, 6.07) is 0. The highest BCUT2D eigenvalue weighted by Crippen LogP contribution is 2.29. The number of hydrogen-bond acceptors (Lipinski definition) is 4. The lowest BCUT2D eigenvalue weighted by molar-refractivity contribution is -0.140. The van der Waals surface area contributed by atoms with Gasteiger partial charge in [-0.3, -0.25) is 9.67 Å². The molecule has 0 aliphatic rings. The van der Waals surface area contributed by atoms with E-state index < -0.39 is 11.9 Å². The Hall–Kier alpha value is -1.37. The van der Waals surface area contributed by atoms with Gasteiger partial charge in [0.15, 0.2) is 11.7 Å². The van der Waals surface area contributed by atoms with Crippen molar-refractivity contribution >= 4 is 41.3 Å². The van der Waals surface area contributed by atoms with Crippen LogP contribution in [-0.2, 0) is 26.2 Å². The molecule has 26 heavy (non-hydrogen) atoms. The number of guanidine groups is 1. The number of halogens is 4. The van der Waals surface area contributed by atoms with Crippen LogP contribution >= 0.6 is 35.3 Å². The largest absolute Gasteiger partial charge is 0.434 e. The van der Waals surface area contributed by atoms with Crippen molar-refractivity contribution in [2.45, 2.75) is 33.0 Å². The molecule has 11 heteroatoms. The zero-order valence-electron chi connectivity index (χ0n) is 14.9. The van der Waals surface area contributed by atoms with Crippen molar-refractivity contribution in [3.63, 3.8) is 0 Å². The molecule has 0 aliphatic heterocycles. The monoisotopic (exact) mass is 502 g/mol. The van der Waals surface area contributed by atoms with Crippen molar-refractivity contribution < 1.29 is 13.2 Å². The third-order valence-corrected chi connectivity index (χ3v) is 4.70. The highest BCUT2D eigenvalue weighted by atomic mass is 127. The Morgan fingerprint density at radius 2 is 2.00 bits per heavy atom. The first-order valence-corrected chi connectivity index (χ1v) is 8.55. The molecule has 0 saturated carbocycles. The van der Waals surface area contributed by atoms with Crippen LogP contribution in [-0.4, -0.2) is 34.3 Å². The van der Waals surface area contributed by atoms with Crippen molar-refractivity contribution in [1.29, 1.82) is 0 Å². The molecule has 0 fully saturated rings. The maximum atomic E-state index is 12.5. The van der Waals surface area contributed by atoms with Gasteiger partial charge in [-0.2, -0.15) is 18.3 Å². The van der Waals surface area contributed by atoms with E-state index in [0.717, 1.165) is 33.7 Å². The Labute approximate surface area is 171 Å². The molecule has 0 amide bonds. The summed E-state index contributed by atoms with van der Waals surface area (Å²) in [6.07, 6.45) is -3.99. The third-order valence-electron chi connectivity index (χ3n) is 3.79. The van der Waals surface area contributed by atoms with E-state index in [1.807, 2.05) is 25.6 Å². The molecule has 146 valence electrons. The summed E-state index contributed by atoms with van der Waals surface area (Å²) in [5, 5.41) is 12.1. The lowest BCUT2D eigenvalue weighted by Gasteiger charge is -2.11. The molecule has 0 aromatic carbocycles. The van der Waals surface area contributed by atoms with Gasteiger partial charge in [-0.1, -0.05) is 0 Å². The maximum absolute atomic E-state index is 12.5. The van der Waals surface area contributed by atoms with Gasteiger partial charge in [-0.15, -0.1) is 35.3 Å². The lowest BCUT2D eigenvalue weighted by Crippen LogP contribution is -2.38. The summed E-state index contributed by atoms with van der Waals surface area (Å²) in [6.45, 7) is 4.95. The van der Waals surface area contributed by atoms with Gasteiger partial charge in [-0.05, 0) is 13.8 Å². The molecule has 0 unspecified atom stereocenters. The highest BCUT2D eigenvalue weighted by molar-refractivity contribution is 14.0. The summed E-state index contributed by atoms with van der Waals surface area (Å²) in [7, 11) is 3.53. The predicted octanol–water partition coefficient (Wildman–Crippen LogP) is 3.04. The molecule has 0 spiro atoms. The van der Waals surface area contributed by atoms with Crippen LogP contribution in [0.15, 0.2) is 10.4 Å². The second kappa shape index (κ2) is 9.53. The van der Waals surface area contributed by atoms with E-state index in [1.165, 1.54) is 0 Å². The van der Waals surface area contributed by atoms with E-state index >= 15 is 0 Å². The Morgan fingerprint density at radius 1 is 1.31 bits per heavy atom. The molecular weight excluding hydrogens is 480 g/mol. The first-order valence-electron chi connectivity index (χ1n) is 7.67. The molecule has 0 aliphatic carbocycles. The van der Waals surface area contributed by atoms with Gasteiger partial charge < -0.3 is 10.6 Å². The zero-order valence-corrected chi connectivity index (χ0v) is 18.1. The van der Waals surface area contributed by atoms with Crippen molar-refractivity contribution in [3.05, 3.63) is 33.0 Å². The van der Waals surface area contributed by atoms with Crippen molar-refractivity contribution in [2.75, 3.05) is 13.6 Å². The lowest BCUT2D eigenvalue weighted by atomic mass is 10.2. The first-order chi connectivity index (χ1) is 11.7. The van der Waals surface area contributed by atoms with E-state index in [9.17, 15) is 13.2 Å². The predicted molar refractivity (Wildman–Crippen MR) is 107 cm³/mol. The summed E-state index contributed by atoms with van der Waals surface area (Å²) in [5.41, 5.74) is 2.28. The Bertz CT molecular complexity index is 753. The van der Waals surface area contributed by atoms with Gasteiger partial charge in [0.25, 0.3) is 0 Å². The number of alkyl halides is 3. The summed E-state index contributed by atoms with van der Waals surface area (Å²) in [4.78, 5) is 7.72. The molecule has 6 nitrogen and oxygen atoms in total. The minimum atomic E-state index is -4.39. The fraction of sp³-hybridized carbons (Fsp3) is 0.533. The van der Waals surface area contributed by atoms with Crippen LogP contribution in [0.25, 0.3) is 0 Å². The number of thiazole rings is 1. The molecule has 2 aromatic heterocycles. The average molecular weight is 502 g/mol. The molecule has 0 saturated heterocycles. The van der Waals surface area contributed by atoms with Gasteiger partial charge in [0.2, 0.25) is 0 Å². The minimum absolute atomic E-state index is 0. The van der Waals surface area contributed by atoms with E-state index in [0.29, 0.717) is 30.5 Å². The van der Waals surface area contributed by atoms with Crippen LogP contribution in [0.2, 0.25) is 0 Å². The number of rotatable bonds is 5. The number of aromatic nitrogens is 3. The quantitative estimate of drug-likeness (QED) is 0.375. The van der Waals surface area contributed by atoms with Crippen LogP contribution < -0.4 is 10.6 Å². The number of nitrogens with zero attached hydrogens (tertiary/aromatic N) is 4. The zero-order chi connectivity index (χ0) is 18.6. The summed E-state index contributed by atoms with van der Waals surface area (Å²) >= 11 is 1.01. The van der Waals surface area contributed by atoms with Crippen molar-refractivity contribution in [3.8, 4) is 0 Å². The van der Waals surface area contributed by atoms with Crippen LogP contribution in [0.4, 0.5) is 13.2 Å². The van der Waals surface area contributed by atoms with Gasteiger partial charge in [0.05, 0.1) is 10.7 Å². The number of nitrogens with one attached hydrogen (secondary N) is 2. The molecule has 0 atom stereocenters. The second-order valence-corrected chi connectivity index (χ2v) is 6.44. The third kappa shape index (κ3) is 5.83.